The van der Waals surface area contributed by atoms with Gasteiger partial charge in [-0.1, -0.05) is 0 Å². The molecule has 2 amide bonds. The van der Waals surface area contributed by atoms with Gasteiger partial charge in [0.1, 0.15) is 5.82 Å². The first-order chi connectivity index (χ1) is 11.6. The Bertz CT molecular complexity index is 727. The zero-order valence-electron chi connectivity index (χ0n) is 13.1. The highest BCUT2D eigenvalue weighted by molar-refractivity contribution is 5.97. The van der Waals surface area contributed by atoms with Crippen LogP contribution >= 0.6 is 0 Å². The number of rotatable bonds is 6. The van der Waals surface area contributed by atoms with Crippen LogP contribution in [0.15, 0.2) is 35.1 Å². The number of halogens is 1. The molecule has 6 nitrogen and oxygen atoms in total. The van der Waals surface area contributed by atoms with Crippen molar-refractivity contribution in [2.24, 2.45) is 0 Å². The Hall–Kier alpha value is -2.70. The van der Waals surface area contributed by atoms with Crippen molar-refractivity contribution in [3.05, 3.63) is 42.2 Å². The van der Waals surface area contributed by atoms with E-state index in [-0.39, 0.29) is 23.3 Å². The smallest absolute Gasteiger partial charge is 0.273 e. The van der Waals surface area contributed by atoms with Crippen molar-refractivity contribution in [2.45, 2.75) is 19.3 Å². The van der Waals surface area contributed by atoms with Crippen LogP contribution < -0.4 is 5.32 Å². The van der Waals surface area contributed by atoms with Crippen LogP contribution in [-0.4, -0.2) is 41.3 Å². The molecule has 7 heteroatoms. The summed E-state index contributed by atoms with van der Waals surface area (Å²) in [5.41, 5.74) is 0.751. The molecule has 1 aromatic carbocycles. The molecule has 1 fully saturated rings. The number of amides is 2. The van der Waals surface area contributed by atoms with Gasteiger partial charge in [-0.25, -0.2) is 9.37 Å². The van der Waals surface area contributed by atoms with Crippen LogP contribution in [-0.2, 0) is 4.79 Å². The SMILES string of the molecule is O=C(NCCCN1CCCC1=O)c1ncoc1-c1ccc(F)cc1. The third-order valence-corrected chi connectivity index (χ3v) is 3.95. The van der Waals surface area contributed by atoms with Crippen LogP contribution in [0, 0.1) is 5.82 Å². The van der Waals surface area contributed by atoms with Crippen molar-refractivity contribution in [1.82, 2.24) is 15.2 Å². The van der Waals surface area contributed by atoms with E-state index in [1.54, 1.807) is 0 Å². The second-order valence-corrected chi connectivity index (χ2v) is 5.63. The highest BCUT2D eigenvalue weighted by atomic mass is 19.1. The Balaban J connectivity index is 1.55. The number of aromatic nitrogens is 1. The molecule has 1 N–H and O–H groups in total. The van der Waals surface area contributed by atoms with Gasteiger partial charge in [0.2, 0.25) is 5.91 Å². The Labute approximate surface area is 138 Å². The van der Waals surface area contributed by atoms with Gasteiger partial charge in [-0.2, -0.15) is 0 Å². The summed E-state index contributed by atoms with van der Waals surface area (Å²) >= 11 is 0. The molecular formula is C17H18FN3O3. The third kappa shape index (κ3) is 3.61. The Morgan fingerprint density at radius 2 is 2.12 bits per heavy atom. The molecule has 0 atom stereocenters. The Morgan fingerprint density at radius 1 is 1.33 bits per heavy atom. The molecule has 1 aliphatic rings. The van der Waals surface area contributed by atoms with Gasteiger partial charge < -0.3 is 14.6 Å². The number of carbonyl (C=O) groups excluding carboxylic acids is 2. The van der Waals surface area contributed by atoms with Gasteiger partial charge in [0.25, 0.3) is 5.91 Å². The average Bonchev–Trinajstić information content (AvgIpc) is 3.21. The van der Waals surface area contributed by atoms with E-state index in [0.29, 0.717) is 37.3 Å². The zero-order valence-corrected chi connectivity index (χ0v) is 13.1. The van der Waals surface area contributed by atoms with Crippen LogP contribution in [0.5, 0.6) is 0 Å². The van der Waals surface area contributed by atoms with E-state index in [0.717, 1.165) is 13.0 Å². The lowest BCUT2D eigenvalue weighted by Crippen LogP contribution is -2.30. The summed E-state index contributed by atoms with van der Waals surface area (Å²) in [6, 6.07) is 5.66. The van der Waals surface area contributed by atoms with Crippen LogP contribution in [0.1, 0.15) is 29.8 Å². The van der Waals surface area contributed by atoms with Gasteiger partial charge in [0.05, 0.1) is 0 Å². The number of hydrogen-bond acceptors (Lipinski definition) is 4. The molecule has 0 spiro atoms. The maximum atomic E-state index is 13.0. The number of likely N-dealkylation sites (tertiary alicyclic amines) is 1. The lowest BCUT2D eigenvalue weighted by molar-refractivity contribution is -0.127. The van der Waals surface area contributed by atoms with Gasteiger partial charge >= 0.3 is 0 Å². The van der Waals surface area contributed by atoms with Crippen molar-refractivity contribution in [2.75, 3.05) is 19.6 Å². The molecular weight excluding hydrogens is 313 g/mol. The van der Waals surface area contributed by atoms with Crippen LogP contribution in [0.2, 0.25) is 0 Å². The molecule has 1 aliphatic heterocycles. The Morgan fingerprint density at radius 3 is 2.83 bits per heavy atom. The lowest BCUT2D eigenvalue weighted by atomic mass is 10.1. The second-order valence-electron chi connectivity index (χ2n) is 5.63. The van der Waals surface area contributed by atoms with Crippen LogP contribution in [0.4, 0.5) is 4.39 Å². The number of nitrogens with zero attached hydrogens (tertiary/aromatic N) is 2. The fraction of sp³-hybridized carbons (Fsp3) is 0.353. The predicted molar refractivity (Wildman–Crippen MR) is 84.7 cm³/mol. The molecule has 1 aromatic heterocycles. The van der Waals surface area contributed by atoms with E-state index in [1.165, 1.54) is 30.7 Å². The maximum absolute atomic E-state index is 13.0. The molecule has 0 aliphatic carbocycles. The van der Waals surface area contributed by atoms with Crippen LogP contribution in [0.25, 0.3) is 11.3 Å². The number of oxazole rings is 1. The number of benzene rings is 1. The zero-order chi connectivity index (χ0) is 16.9. The minimum absolute atomic E-state index is 0.166. The van der Waals surface area contributed by atoms with E-state index in [1.807, 2.05) is 4.90 Å². The molecule has 0 unspecified atom stereocenters. The van der Waals surface area contributed by atoms with Gasteiger partial charge in [-0.05, 0) is 37.1 Å². The fourth-order valence-electron chi connectivity index (χ4n) is 2.71. The summed E-state index contributed by atoms with van der Waals surface area (Å²) in [6.07, 6.45) is 3.40. The molecule has 0 bridgehead atoms. The first kappa shape index (κ1) is 16.2. The molecule has 2 heterocycles. The topological polar surface area (TPSA) is 75.4 Å². The van der Waals surface area contributed by atoms with Crippen molar-refractivity contribution >= 4 is 11.8 Å². The summed E-state index contributed by atoms with van der Waals surface area (Å²) in [5.74, 6) is -0.227. The molecule has 3 rings (SSSR count). The maximum Gasteiger partial charge on any atom is 0.273 e. The summed E-state index contributed by atoms with van der Waals surface area (Å²) in [7, 11) is 0. The van der Waals surface area contributed by atoms with Gasteiger partial charge in [0.15, 0.2) is 17.8 Å². The highest BCUT2D eigenvalue weighted by Gasteiger charge is 2.20. The number of nitrogens with one attached hydrogen (secondary N) is 1. The van der Waals surface area contributed by atoms with E-state index in [9.17, 15) is 14.0 Å². The Kier molecular flexibility index (Phi) is 4.88. The van der Waals surface area contributed by atoms with Crippen molar-refractivity contribution in [3.8, 4) is 11.3 Å². The monoisotopic (exact) mass is 331 g/mol. The van der Waals surface area contributed by atoms with Gasteiger partial charge in [-0.3, -0.25) is 9.59 Å². The highest BCUT2D eigenvalue weighted by Crippen LogP contribution is 2.23. The van der Waals surface area contributed by atoms with Crippen molar-refractivity contribution in [1.29, 1.82) is 0 Å². The standard InChI is InChI=1S/C17H18FN3O3/c18-13-6-4-12(5-7-13)16-15(20-11-24-16)17(23)19-8-2-10-21-9-1-3-14(21)22/h4-7,11H,1-3,8-10H2,(H,19,23). The molecule has 0 radical (unpaired) electrons. The van der Waals surface area contributed by atoms with E-state index >= 15 is 0 Å². The number of hydrogen-bond donors (Lipinski definition) is 1. The minimum atomic E-state index is -0.360. The second kappa shape index (κ2) is 7.25. The first-order valence-corrected chi connectivity index (χ1v) is 7.90. The summed E-state index contributed by atoms with van der Waals surface area (Å²) < 4.78 is 18.3. The lowest BCUT2D eigenvalue weighted by Gasteiger charge is -2.15. The summed E-state index contributed by atoms with van der Waals surface area (Å²) in [6.45, 7) is 1.88. The number of carbonyl (C=O) groups is 2. The predicted octanol–water partition coefficient (Wildman–Crippen LogP) is 2.22. The van der Waals surface area contributed by atoms with Crippen molar-refractivity contribution in [3.63, 3.8) is 0 Å². The molecule has 0 saturated carbocycles. The van der Waals surface area contributed by atoms with Gasteiger partial charge in [-0.15, -0.1) is 0 Å². The largest absolute Gasteiger partial charge is 0.443 e. The van der Waals surface area contributed by atoms with Crippen LogP contribution in [0.3, 0.4) is 0 Å². The first-order valence-electron chi connectivity index (χ1n) is 7.90. The van der Waals surface area contributed by atoms with Gasteiger partial charge in [0, 0.05) is 31.6 Å². The molecule has 24 heavy (non-hydrogen) atoms. The molecule has 126 valence electrons. The normalized spacial score (nSPS) is 14.2. The summed E-state index contributed by atoms with van der Waals surface area (Å²) in [5, 5.41) is 2.77. The van der Waals surface area contributed by atoms with E-state index < -0.39 is 0 Å². The van der Waals surface area contributed by atoms with E-state index in [4.69, 9.17) is 4.42 Å². The summed E-state index contributed by atoms with van der Waals surface area (Å²) in [4.78, 5) is 29.5. The average molecular weight is 331 g/mol. The molecule has 1 saturated heterocycles. The molecule has 2 aromatic rings. The fourth-order valence-corrected chi connectivity index (χ4v) is 2.71. The quantitative estimate of drug-likeness (QED) is 0.824. The minimum Gasteiger partial charge on any atom is -0.443 e. The van der Waals surface area contributed by atoms with E-state index in [2.05, 4.69) is 10.3 Å². The third-order valence-electron chi connectivity index (χ3n) is 3.95. The van der Waals surface area contributed by atoms with Crippen molar-refractivity contribution < 1.29 is 18.4 Å².